The van der Waals surface area contributed by atoms with Crippen LogP contribution >= 0.6 is 0 Å². The molecule has 0 aliphatic rings. The maximum absolute atomic E-state index is 12.1. The Bertz CT molecular complexity index is 497. The summed E-state index contributed by atoms with van der Waals surface area (Å²) in [6.45, 7) is 3.71. The standard InChI is InChI=1S/C15H17NO3/c1-4-9-16(10-14(17)18)15(19)13-7-5-12(6-8-13)11(2)3/h1,5-8,11H,9-10H2,2-3H3,(H,17,18). The van der Waals surface area contributed by atoms with Crippen LogP contribution in [-0.4, -0.2) is 35.0 Å². The van der Waals surface area contributed by atoms with Gasteiger partial charge in [-0.1, -0.05) is 31.9 Å². The van der Waals surface area contributed by atoms with E-state index in [0.717, 1.165) is 10.5 Å². The zero-order chi connectivity index (χ0) is 14.4. The van der Waals surface area contributed by atoms with Gasteiger partial charge in [0.25, 0.3) is 5.91 Å². The lowest BCUT2D eigenvalue weighted by Gasteiger charge is -2.18. The van der Waals surface area contributed by atoms with Crippen LogP contribution in [0, 0.1) is 12.3 Å². The smallest absolute Gasteiger partial charge is 0.323 e. The first-order valence-corrected chi connectivity index (χ1v) is 6.00. The van der Waals surface area contributed by atoms with Gasteiger partial charge in [0.1, 0.15) is 6.54 Å². The summed E-state index contributed by atoms with van der Waals surface area (Å²) in [7, 11) is 0. The van der Waals surface area contributed by atoms with Gasteiger partial charge < -0.3 is 10.0 Å². The van der Waals surface area contributed by atoms with E-state index in [1.807, 2.05) is 12.1 Å². The Morgan fingerprint density at radius 3 is 2.32 bits per heavy atom. The number of hydrogen-bond donors (Lipinski definition) is 1. The van der Waals surface area contributed by atoms with Gasteiger partial charge in [0.05, 0.1) is 6.54 Å². The minimum atomic E-state index is -1.08. The summed E-state index contributed by atoms with van der Waals surface area (Å²) in [6.07, 6.45) is 5.15. The molecule has 1 aromatic rings. The number of nitrogens with zero attached hydrogens (tertiary/aromatic N) is 1. The molecule has 19 heavy (non-hydrogen) atoms. The van der Waals surface area contributed by atoms with E-state index in [0.29, 0.717) is 11.5 Å². The van der Waals surface area contributed by atoms with Crippen LogP contribution in [0.25, 0.3) is 0 Å². The Morgan fingerprint density at radius 2 is 1.89 bits per heavy atom. The molecule has 0 spiro atoms. The van der Waals surface area contributed by atoms with E-state index in [4.69, 9.17) is 11.5 Å². The molecule has 1 amide bonds. The minimum Gasteiger partial charge on any atom is -0.480 e. The normalized spacial score (nSPS) is 10.0. The lowest BCUT2D eigenvalue weighted by molar-refractivity contribution is -0.137. The molecule has 0 fully saturated rings. The van der Waals surface area contributed by atoms with E-state index >= 15 is 0 Å². The topological polar surface area (TPSA) is 57.6 Å². The SMILES string of the molecule is C#CCN(CC(=O)O)C(=O)c1ccc(C(C)C)cc1. The Labute approximate surface area is 113 Å². The third kappa shape index (κ3) is 4.14. The predicted molar refractivity (Wildman–Crippen MR) is 72.9 cm³/mol. The minimum absolute atomic E-state index is 0.0168. The van der Waals surface area contributed by atoms with E-state index in [1.165, 1.54) is 0 Å². The van der Waals surface area contributed by atoms with Gasteiger partial charge in [0.2, 0.25) is 0 Å². The summed E-state index contributed by atoms with van der Waals surface area (Å²) in [5.74, 6) is 1.23. The Balaban J connectivity index is 2.90. The maximum atomic E-state index is 12.1. The second-order valence-corrected chi connectivity index (χ2v) is 4.54. The van der Waals surface area contributed by atoms with Crippen molar-refractivity contribution in [3.63, 3.8) is 0 Å². The average molecular weight is 259 g/mol. The Kier molecular flexibility index (Phi) is 5.13. The molecule has 100 valence electrons. The van der Waals surface area contributed by atoms with Crippen LogP contribution in [0.1, 0.15) is 35.7 Å². The molecule has 0 heterocycles. The van der Waals surface area contributed by atoms with Crippen LogP contribution in [0.15, 0.2) is 24.3 Å². The van der Waals surface area contributed by atoms with Gasteiger partial charge >= 0.3 is 5.97 Å². The van der Waals surface area contributed by atoms with Crippen LogP contribution < -0.4 is 0 Å². The first-order chi connectivity index (χ1) is 8.95. The van der Waals surface area contributed by atoms with Crippen LogP contribution in [0.2, 0.25) is 0 Å². The third-order valence-electron chi connectivity index (χ3n) is 2.72. The molecule has 0 radical (unpaired) electrons. The summed E-state index contributed by atoms with van der Waals surface area (Å²) >= 11 is 0. The van der Waals surface area contributed by atoms with Crippen molar-refractivity contribution >= 4 is 11.9 Å². The van der Waals surface area contributed by atoms with E-state index in [2.05, 4.69) is 19.8 Å². The van der Waals surface area contributed by atoms with Crippen molar-refractivity contribution in [1.82, 2.24) is 4.90 Å². The highest BCUT2D eigenvalue weighted by molar-refractivity contribution is 5.96. The molecule has 0 bridgehead atoms. The maximum Gasteiger partial charge on any atom is 0.323 e. The Morgan fingerprint density at radius 1 is 1.32 bits per heavy atom. The van der Waals surface area contributed by atoms with Crippen molar-refractivity contribution in [3.05, 3.63) is 35.4 Å². The summed E-state index contributed by atoms with van der Waals surface area (Å²) < 4.78 is 0. The van der Waals surface area contributed by atoms with Crippen molar-refractivity contribution in [1.29, 1.82) is 0 Å². The highest BCUT2D eigenvalue weighted by Gasteiger charge is 2.17. The summed E-state index contributed by atoms with van der Waals surface area (Å²) in [5, 5.41) is 8.76. The van der Waals surface area contributed by atoms with Gasteiger partial charge in [0, 0.05) is 5.56 Å². The average Bonchev–Trinajstić information content (AvgIpc) is 2.37. The molecular formula is C15H17NO3. The number of terminal acetylenes is 1. The highest BCUT2D eigenvalue weighted by atomic mass is 16.4. The van der Waals surface area contributed by atoms with Gasteiger partial charge in [-0.05, 0) is 23.6 Å². The zero-order valence-electron chi connectivity index (χ0n) is 11.1. The van der Waals surface area contributed by atoms with E-state index in [1.54, 1.807) is 12.1 Å². The molecule has 1 N–H and O–H groups in total. The summed E-state index contributed by atoms with van der Waals surface area (Å²) in [6, 6.07) is 7.13. The fourth-order valence-electron chi connectivity index (χ4n) is 1.67. The van der Waals surface area contributed by atoms with Gasteiger partial charge in [0.15, 0.2) is 0 Å². The quantitative estimate of drug-likeness (QED) is 0.822. The fraction of sp³-hybridized carbons (Fsp3) is 0.333. The van der Waals surface area contributed by atoms with Gasteiger partial charge in [-0.3, -0.25) is 9.59 Å². The van der Waals surface area contributed by atoms with Gasteiger partial charge in [-0.15, -0.1) is 6.42 Å². The molecule has 0 aliphatic carbocycles. The molecule has 0 aromatic heterocycles. The number of aliphatic carboxylic acids is 1. The Hall–Kier alpha value is -2.28. The fourth-order valence-corrected chi connectivity index (χ4v) is 1.67. The second-order valence-electron chi connectivity index (χ2n) is 4.54. The van der Waals surface area contributed by atoms with Crippen LogP contribution in [0.4, 0.5) is 0 Å². The second kappa shape index (κ2) is 6.60. The zero-order valence-corrected chi connectivity index (χ0v) is 11.1. The predicted octanol–water partition coefficient (Wildman–Crippen LogP) is 1.97. The molecule has 0 saturated heterocycles. The van der Waals surface area contributed by atoms with Crippen LogP contribution in [0.3, 0.4) is 0 Å². The molecule has 1 aromatic carbocycles. The van der Waals surface area contributed by atoms with Crippen LogP contribution in [0.5, 0.6) is 0 Å². The molecule has 1 rings (SSSR count). The van der Waals surface area contributed by atoms with Crippen molar-refractivity contribution < 1.29 is 14.7 Å². The summed E-state index contributed by atoms with van der Waals surface area (Å²) in [4.78, 5) is 24.0. The monoisotopic (exact) mass is 259 g/mol. The molecular weight excluding hydrogens is 242 g/mol. The number of amides is 1. The molecule has 4 nitrogen and oxygen atoms in total. The van der Waals surface area contributed by atoms with Crippen molar-refractivity contribution in [3.8, 4) is 12.3 Å². The number of benzene rings is 1. The molecule has 4 heteroatoms. The number of carboxylic acids is 1. The molecule has 0 unspecified atom stereocenters. The van der Waals surface area contributed by atoms with E-state index < -0.39 is 12.5 Å². The molecule has 0 atom stereocenters. The van der Waals surface area contributed by atoms with Gasteiger partial charge in [-0.25, -0.2) is 0 Å². The first kappa shape index (κ1) is 14.8. The number of hydrogen-bond acceptors (Lipinski definition) is 2. The number of carboxylic acid groups (broad SMARTS) is 1. The number of rotatable bonds is 5. The van der Waals surface area contributed by atoms with Gasteiger partial charge in [-0.2, -0.15) is 0 Å². The summed E-state index contributed by atoms with van der Waals surface area (Å²) in [5.41, 5.74) is 1.57. The number of carbonyl (C=O) groups excluding carboxylic acids is 1. The van der Waals surface area contributed by atoms with E-state index in [-0.39, 0.29) is 12.5 Å². The van der Waals surface area contributed by atoms with Crippen molar-refractivity contribution in [2.75, 3.05) is 13.1 Å². The largest absolute Gasteiger partial charge is 0.480 e. The highest BCUT2D eigenvalue weighted by Crippen LogP contribution is 2.15. The third-order valence-corrected chi connectivity index (χ3v) is 2.72. The van der Waals surface area contributed by atoms with Crippen molar-refractivity contribution in [2.45, 2.75) is 19.8 Å². The van der Waals surface area contributed by atoms with Crippen LogP contribution in [-0.2, 0) is 4.79 Å². The lowest BCUT2D eigenvalue weighted by atomic mass is 10.0. The molecule has 0 aliphatic heterocycles. The molecule has 0 saturated carbocycles. The van der Waals surface area contributed by atoms with E-state index in [9.17, 15) is 9.59 Å². The lowest BCUT2D eigenvalue weighted by Crippen LogP contribution is -2.35. The first-order valence-electron chi connectivity index (χ1n) is 6.00. The van der Waals surface area contributed by atoms with Crippen molar-refractivity contribution in [2.24, 2.45) is 0 Å². The number of carbonyl (C=O) groups is 2.